The van der Waals surface area contributed by atoms with Gasteiger partial charge in [0.2, 0.25) is 0 Å². The number of ether oxygens (including phenoxy) is 2. The van der Waals surface area contributed by atoms with Crippen LogP contribution in [0.2, 0.25) is 0 Å². The zero-order valence-electron chi connectivity index (χ0n) is 50.0. The minimum atomic E-state index is -0.778. The van der Waals surface area contributed by atoms with Crippen molar-refractivity contribution < 1.29 is 24.2 Å². The van der Waals surface area contributed by atoms with Gasteiger partial charge in [0.25, 0.3) is 0 Å². The van der Waals surface area contributed by atoms with E-state index < -0.39 is 6.10 Å². The highest BCUT2D eigenvalue weighted by Crippen LogP contribution is 2.17. The highest BCUT2D eigenvalue weighted by Gasteiger charge is 2.16. The van der Waals surface area contributed by atoms with Gasteiger partial charge in [-0.1, -0.05) is 303 Å². The molecule has 436 valence electrons. The van der Waals surface area contributed by atoms with Crippen molar-refractivity contribution in [1.29, 1.82) is 0 Å². The Labute approximate surface area is 471 Å². The van der Waals surface area contributed by atoms with Crippen molar-refractivity contribution >= 4 is 11.9 Å². The van der Waals surface area contributed by atoms with Crippen LogP contribution in [0.25, 0.3) is 0 Å². The highest BCUT2D eigenvalue weighted by molar-refractivity contribution is 5.70. The molecule has 0 fully saturated rings. The predicted molar refractivity (Wildman–Crippen MR) is 334 cm³/mol. The Morgan fingerprint density at radius 3 is 0.855 bits per heavy atom. The molecule has 0 aromatic rings. The molecule has 0 amide bonds. The van der Waals surface area contributed by atoms with E-state index in [0.717, 1.165) is 89.9 Å². The minimum absolute atomic E-state index is 0.0679. The van der Waals surface area contributed by atoms with Crippen molar-refractivity contribution in [2.24, 2.45) is 0 Å². The smallest absolute Gasteiger partial charge is 0.306 e. The maximum atomic E-state index is 12.3. The lowest BCUT2D eigenvalue weighted by atomic mass is 10.0. The first-order valence-electron chi connectivity index (χ1n) is 32.4. The first-order valence-corrected chi connectivity index (χ1v) is 32.4. The Morgan fingerprint density at radius 1 is 0.316 bits per heavy atom. The summed E-state index contributed by atoms with van der Waals surface area (Å²) in [5.41, 5.74) is 0. The number of hydrogen-bond acceptors (Lipinski definition) is 5. The number of carbonyl (C=O) groups is 2. The first-order chi connectivity index (χ1) is 37.6. The molecule has 0 aromatic carbocycles. The van der Waals surface area contributed by atoms with Crippen molar-refractivity contribution in [3.05, 3.63) is 109 Å². The van der Waals surface area contributed by atoms with Crippen LogP contribution in [-0.2, 0) is 19.1 Å². The summed E-state index contributed by atoms with van der Waals surface area (Å²) < 4.78 is 10.7. The summed E-state index contributed by atoms with van der Waals surface area (Å²) in [7, 11) is 0. The fourth-order valence-electron chi connectivity index (χ4n) is 9.22. The van der Waals surface area contributed by atoms with Gasteiger partial charge in [0.1, 0.15) is 6.61 Å². The van der Waals surface area contributed by atoms with Gasteiger partial charge in [0.05, 0.1) is 6.61 Å². The third-order valence-corrected chi connectivity index (χ3v) is 14.1. The van der Waals surface area contributed by atoms with Crippen molar-refractivity contribution in [3.8, 4) is 0 Å². The number of esters is 2. The van der Waals surface area contributed by atoms with Crippen LogP contribution < -0.4 is 0 Å². The van der Waals surface area contributed by atoms with Gasteiger partial charge in [-0.05, 0) is 103 Å². The van der Waals surface area contributed by atoms with E-state index in [1.54, 1.807) is 0 Å². The maximum Gasteiger partial charge on any atom is 0.306 e. The molecule has 0 bridgehead atoms. The summed E-state index contributed by atoms with van der Waals surface area (Å²) in [5, 5.41) is 9.68. The molecule has 0 aliphatic heterocycles. The number of allylic oxidation sites excluding steroid dienone is 18. The van der Waals surface area contributed by atoms with E-state index in [-0.39, 0.29) is 25.2 Å². The summed E-state index contributed by atoms with van der Waals surface area (Å²) in [5.74, 6) is -0.585. The molecule has 0 aliphatic rings. The van der Waals surface area contributed by atoms with Gasteiger partial charge >= 0.3 is 11.9 Å². The quantitative estimate of drug-likeness (QED) is 0.0373. The molecular weight excluding hydrogens is 933 g/mol. The molecule has 0 heterocycles. The molecule has 1 unspecified atom stereocenters. The molecule has 5 heteroatoms. The SMILES string of the molecule is CC/C=C\C/C=C\C/C=C\C/C=C\C/C=C\C/C=C\C/C=C\CCCCCCCCCCCCCCCCCCCC(=O)OC(CO)COC(=O)CCCCCCCCCCCCC/C=C\C/C=C\CCCCCCC. The van der Waals surface area contributed by atoms with E-state index in [0.29, 0.717) is 12.8 Å². The van der Waals surface area contributed by atoms with Gasteiger partial charge in [0.15, 0.2) is 6.10 Å². The van der Waals surface area contributed by atoms with Gasteiger partial charge in [-0.3, -0.25) is 9.59 Å². The average molecular weight is 1060 g/mol. The lowest BCUT2D eigenvalue weighted by molar-refractivity contribution is -0.161. The third-order valence-electron chi connectivity index (χ3n) is 14.1. The molecule has 0 saturated heterocycles. The van der Waals surface area contributed by atoms with Gasteiger partial charge < -0.3 is 14.6 Å². The van der Waals surface area contributed by atoms with E-state index in [1.165, 1.54) is 193 Å². The second kappa shape index (κ2) is 65.8. The molecule has 1 atom stereocenters. The van der Waals surface area contributed by atoms with Crippen molar-refractivity contribution in [3.63, 3.8) is 0 Å². The van der Waals surface area contributed by atoms with Crippen molar-refractivity contribution in [1.82, 2.24) is 0 Å². The molecule has 0 spiro atoms. The molecule has 0 rings (SSSR count). The van der Waals surface area contributed by atoms with Crippen LogP contribution in [0.1, 0.15) is 309 Å². The van der Waals surface area contributed by atoms with E-state index in [4.69, 9.17) is 9.47 Å². The highest BCUT2D eigenvalue weighted by atomic mass is 16.6. The largest absolute Gasteiger partial charge is 0.462 e. The van der Waals surface area contributed by atoms with Crippen LogP contribution in [0.5, 0.6) is 0 Å². The Morgan fingerprint density at radius 2 is 0.566 bits per heavy atom. The Balaban J connectivity index is 3.48. The lowest BCUT2D eigenvalue weighted by Gasteiger charge is -2.15. The summed E-state index contributed by atoms with van der Waals surface area (Å²) in [6.45, 7) is 4.04. The molecule has 5 nitrogen and oxygen atoms in total. The number of rotatable bonds is 59. The zero-order valence-corrected chi connectivity index (χ0v) is 50.0. The summed E-state index contributed by atoms with van der Waals surface area (Å²) in [6, 6.07) is 0. The Kier molecular flexibility index (Phi) is 62.9. The monoisotopic (exact) mass is 1050 g/mol. The fraction of sp³-hybridized carbons (Fsp3) is 0.718. The van der Waals surface area contributed by atoms with Gasteiger partial charge in [-0.25, -0.2) is 0 Å². The molecule has 0 aliphatic carbocycles. The summed E-state index contributed by atoms with van der Waals surface area (Å²) in [6.07, 6.45) is 95.2. The molecule has 1 N–H and O–H groups in total. The molecule has 76 heavy (non-hydrogen) atoms. The van der Waals surface area contributed by atoms with Crippen LogP contribution in [0.3, 0.4) is 0 Å². The average Bonchev–Trinajstić information content (AvgIpc) is 3.42. The second-order valence-corrected chi connectivity index (χ2v) is 21.5. The van der Waals surface area contributed by atoms with Crippen LogP contribution >= 0.6 is 0 Å². The Hall–Kier alpha value is -3.44. The molecule has 0 radical (unpaired) electrons. The van der Waals surface area contributed by atoms with Gasteiger partial charge in [-0.2, -0.15) is 0 Å². The predicted octanol–water partition coefficient (Wildman–Crippen LogP) is 22.4. The summed E-state index contributed by atoms with van der Waals surface area (Å²) in [4.78, 5) is 24.6. The van der Waals surface area contributed by atoms with Gasteiger partial charge in [0, 0.05) is 12.8 Å². The molecular formula is C71H122O5. The van der Waals surface area contributed by atoms with Crippen LogP contribution in [0, 0.1) is 0 Å². The number of aliphatic hydroxyl groups is 1. The fourth-order valence-corrected chi connectivity index (χ4v) is 9.22. The van der Waals surface area contributed by atoms with E-state index in [1.807, 2.05) is 0 Å². The second-order valence-electron chi connectivity index (χ2n) is 21.5. The first kappa shape index (κ1) is 72.6. The zero-order chi connectivity index (χ0) is 54.8. The molecule has 0 aromatic heterocycles. The Bertz CT molecular complexity index is 1470. The normalized spacial score (nSPS) is 12.9. The molecule has 0 saturated carbocycles. The van der Waals surface area contributed by atoms with E-state index >= 15 is 0 Å². The van der Waals surface area contributed by atoms with Gasteiger partial charge in [-0.15, -0.1) is 0 Å². The minimum Gasteiger partial charge on any atom is -0.462 e. The number of aliphatic hydroxyl groups excluding tert-OH is 1. The van der Waals surface area contributed by atoms with E-state index in [9.17, 15) is 14.7 Å². The maximum absolute atomic E-state index is 12.3. The van der Waals surface area contributed by atoms with Crippen molar-refractivity contribution in [2.75, 3.05) is 13.2 Å². The topological polar surface area (TPSA) is 72.8 Å². The van der Waals surface area contributed by atoms with Crippen LogP contribution in [0.15, 0.2) is 109 Å². The van der Waals surface area contributed by atoms with E-state index in [2.05, 4.69) is 123 Å². The number of hydrogen-bond donors (Lipinski definition) is 1. The van der Waals surface area contributed by atoms with Crippen LogP contribution in [0.4, 0.5) is 0 Å². The standard InChI is InChI=1S/C71H122O5/c1-3-5-7-9-11-13-15-17-19-21-23-25-27-28-29-30-31-32-33-34-35-36-37-38-39-40-41-42-44-46-48-50-52-54-56-58-60-62-64-66-71(74)76-69(67-72)68-75-70(73)65-63-61-59-57-55-53-51-49-47-45-43-26-24-22-20-18-16-14-12-10-8-6-4-2/h5,7,11,13,16-19,22-25,28-29,31-32,34-35,69,72H,3-4,6,8-10,12,14-15,20-21,26-27,30,33,36-68H2,1-2H3/b7-5-,13-11-,18-16-,19-17-,24-22-,25-23-,29-28-,32-31-,35-34-. The number of carbonyl (C=O) groups excluding carboxylic acids is 2. The summed E-state index contributed by atoms with van der Waals surface area (Å²) >= 11 is 0. The van der Waals surface area contributed by atoms with Crippen LogP contribution in [-0.4, -0.2) is 36.4 Å². The third kappa shape index (κ3) is 63.1. The number of unbranched alkanes of at least 4 members (excludes halogenated alkanes) is 33. The van der Waals surface area contributed by atoms with Crippen molar-refractivity contribution in [2.45, 2.75) is 315 Å². The lowest BCUT2D eigenvalue weighted by Crippen LogP contribution is -2.28.